The lowest BCUT2D eigenvalue weighted by molar-refractivity contribution is -0.170. The van der Waals surface area contributed by atoms with Crippen molar-refractivity contribution in [1.82, 2.24) is 5.32 Å². The molecule has 1 aliphatic carbocycles. The number of halogens is 3. The lowest BCUT2D eigenvalue weighted by Crippen LogP contribution is -2.75. The Morgan fingerprint density at radius 2 is 2.00 bits per heavy atom. The fourth-order valence-corrected chi connectivity index (χ4v) is 2.63. The molecule has 0 bridgehead atoms. The number of amides is 1. The van der Waals surface area contributed by atoms with Gasteiger partial charge in [-0.3, -0.25) is 4.79 Å². The molecule has 3 N–H and O–H groups in total. The van der Waals surface area contributed by atoms with Gasteiger partial charge in [0, 0.05) is 31.4 Å². The normalized spacial score (nSPS) is 28.0. The number of unbranched alkanes of at least 4 members (excludes halogenated alkanes) is 1. The summed E-state index contributed by atoms with van der Waals surface area (Å²) in [5.74, 6) is -0.310. The van der Waals surface area contributed by atoms with Crippen LogP contribution >= 0.6 is 0 Å². The van der Waals surface area contributed by atoms with E-state index >= 15 is 0 Å². The van der Waals surface area contributed by atoms with Crippen LogP contribution in [-0.4, -0.2) is 36.9 Å². The van der Waals surface area contributed by atoms with Crippen LogP contribution in [0, 0.1) is 5.41 Å². The van der Waals surface area contributed by atoms with Crippen molar-refractivity contribution in [2.24, 2.45) is 11.1 Å². The Bertz CT molecular complexity index is 372. The minimum Gasteiger partial charge on any atom is -0.378 e. The molecule has 7 heteroatoms. The second kappa shape index (κ2) is 6.52. The number of carbonyl (C=O) groups excluding carboxylic acids is 1. The van der Waals surface area contributed by atoms with Crippen molar-refractivity contribution in [3.8, 4) is 0 Å². The van der Waals surface area contributed by atoms with Crippen LogP contribution < -0.4 is 11.1 Å². The molecular weight excluding hydrogens is 285 g/mol. The van der Waals surface area contributed by atoms with Gasteiger partial charge in [0.05, 0.1) is 6.10 Å². The van der Waals surface area contributed by atoms with Crippen LogP contribution in [0.15, 0.2) is 0 Å². The molecule has 4 nitrogen and oxygen atoms in total. The zero-order valence-electron chi connectivity index (χ0n) is 12.8. The minimum absolute atomic E-state index is 0.00626. The molecule has 1 aliphatic rings. The Kier molecular flexibility index (Phi) is 5.66. The van der Waals surface area contributed by atoms with Crippen LogP contribution in [0.25, 0.3) is 0 Å². The average Bonchev–Trinajstić information content (AvgIpc) is 2.36. The molecule has 21 heavy (non-hydrogen) atoms. The molecule has 0 spiro atoms. The lowest BCUT2D eigenvalue weighted by atomic mass is 9.54. The Morgan fingerprint density at radius 1 is 1.38 bits per heavy atom. The molecule has 0 aromatic heterocycles. The summed E-state index contributed by atoms with van der Waals surface area (Å²) in [5, 5.41) is 2.64. The molecule has 0 radical (unpaired) electrons. The predicted molar refractivity (Wildman–Crippen MR) is 73.6 cm³/mol. The molecule has 0 aromatic carbocycles. The number of rotatable bonds is 7. The third kappa shape index (κ3) is 4.10. The van der Waals surface area contributed by atoms with Crippen molar-refractivity contribution >= 4 is 5.91 Å². The number of ether oxygens (including phenoxy) is 1. The summed E-state index contributed by atoms with van der Waals surface area (Å²) in [7, 11) is 0. The first-order chi connectivity index (χ1) is 9.54. The van der Waals surface area contributed by atoms with Gasteiger partial charge in [0.25, 0.3) is 0 Å². The van der Waals surface area contributed by atoms with Crippen LogP contribution in [0.2, 0.25) is 0 Å². The maximum absolute atomic E-state index is 12.2. The minimum atomic E-state index is -4.14. The second-order valence-electron chi connectivity index (χ2n) is 6.17. The quantitative estimate of drug-likeness (QED) is 0.710. The highest BCUT2D eigenvalue weighted by Gasteiger charge is 2.62. The Balaban J connectivity index is 2.36. The van der Waals surface area contributed by atoms with Crippen molar-refractivity contribution in [3.05, 3.63) is 0 Å². The van der Waals surface area contributed by atoms with Gasteiger partial charge in [0.1, 0.15) is 5.54 Å². The first-order valence-electron chi connectivity index (χ1n) is 7.30. The fraction of sp³-hybridized carbons (Fsp3) is 0.929. The van der Waals surface area contributed by atoms with Crippen LogP contribution in [-0.2, 0) is 9.53 Å². The predicted octanol–water partition coefficient (Wildman–Crippen LogP) is 2.37. The Hall–Kier alpha value is -0.820. The van der Waals surface area contributed by atoms with Gasteiger partial charge in [-0.2, -0.15) is 13.2 Å². The second-order valence-corrected chi connectivity index (χ2v) is 6.17. The molecule has 0 saturated heterocycles. The summed E-state index contributed by atoms with van der Waals surface area (Å²) in [6.07, 6.45) is -4.30. The molecule has 1 amide bonds. The molecular formula is C14H25F3N2O2. The van der Waals surface area contributed by atoms with E-state index in [1.807, 2.05) is 20.8 Å². The highest BCUT2D eigenvalue weighted by molar-refractivity contribution is 5.88. The number of hydrogen-bond acceptors (Lipinski definition) is 3. The van der Waals surface area contributed by atoms with E-state index in [9.17, 15) is 18.0 Å². The van der Waals surface area contributed by atoms with Gasteiger partial charge in [0.15, 0.2) is 0 Å². The SMILES string of the molecule is CCOC1CC(N)(C(=O)NCCCCC(F)(F)F)C1(C)C. The summed E-state index contributed by atoms with van der Waals surface area (Å²) in [4.78, 5) is 12.2. The summed E-state index contributed by atoms with van der Waals surface area (Å²) in [5.41, 5.74) is 4.65. The van der Waals surface area contributed by atoms with Gasteiger partial charge in [-0.05, 0) is 19.8 Å². The maximum atomic E-state index is 12.2. The van der Waals surface area contributed by atoms with Crippen molar-refractivity contribution in [1.29, 1.82) is 0 Å². The first-order valence-corrected chi connectivity index (χ1v) is 7.30. The van der Waals surface area contributed by atoms with E-state index in [2.05, 4.69) is 5.32 Å². The summed E-state index contributed by atoms with van der Waals surface area (Å²) >= 11 is 0. The van der Waals surface area contributed by atoms with Crippen molar-refractivity contribution < 1.29 is 22.7 Å². The first kappa shape index (κ1) is 18.2. The highest BCUT2D eigenvalue weighted by atomic mass is 19.4. The van der Waals surface area contributed by atoms with Gasteiger partial charge in [-0.25, -0.2) is 0 Å². The molecule has 1 rings (SSSR count). The van der Waals surface area contributed by atoms with E-state index in [0.29, 0.717) is 13.0 Å². The zero-order chi connectivity index (χ0) is 16.3. The zero-order valence-corrected chi connectivity index (χ0v) is 12.8. The molecule has 2 unspecified atom stereocenters. The number of nitrogens with two attached hydrogens (primary N) is 1. The lowest BCUT2D eigenvalue weighted by Gasteiger charge is -2.57. The molecule has 0 heterocycles. The summed E-state index contributed by atoms with van der Waals surface area (Å²) in [6.45, 7) is 6.40. The van der Waals surface area contributed by atoms with Crippen molar-refractivity contribution in [3.63, 3.8) is 0 Å². The van der Waals surface area contributed by atoms with E-state index in [0.717, 1.165) is 0 Å². The van der Waals surface area contributed by atoms with Crippen molar-refractivity contribution in [2.75, 3.05) is 13.2 Å². The third-order valence-corrected chi connectivity index (χ3v) is 4.41. The van der Waals surface area contributed by atoms with E-state index in [1.54, 1.807) is 0 Å². The topological polar surface area (TPSA) is 64.3 Å². The molecule has 124 valence electrons. The Morgan fingerprint density at radius 3 is 2.48 bits per heavy atom. The van der Waals surface area contributed by atoms with Crippen LogP contribution in [0.1, 0.15) is 46.5 Å². The van der Waals surface area contributed by atoms with Crippen LogP contribution in [0.4, 0.5) is 13.2 Å². The van der Waals surface area contributed by atoms with E-state index in [1.165, 1.54) is 0 Å². The number of nitrogens with one attached hydrogen (secondary N) is 1. The molecule has 1 fully saturated rings. The third-order valence-electron chi connectivity index (χ3n) is 4.41. The van der Waals surface area contributed by atoms with E-state index < -0.39 is 23.6 Å². The Labute approximate surface area is 123 Å². The van der Waals surface area contributed by atoms with Crippen LogP contribution in [0.5, 0.6) is 0 Å². The smallest absolute Gasteiger partial charge is 0.378 e. The largest absolute Gasteiger partial charge is 0.389 e. The number of alkyl halides is 3. The molecule has 1 saturated carbocycles. The molecule has 0 aromatic rings. The fourth-order valence-electron chi connectivity index (χ4n) is 2.63. The van der Waals surface area contributed by atoms with Gasteiger partial charge >= 0.3 is 6.18 Å². The molecule has 0 aliphatic heterocycles. The summed E-state index contributed by atoms with van der Waals surface area (Å²) < 4.78 is 41.5. The van der Waals surface area contributed by atoms with Crippen molar-refractivity contribution in [2.45, 2.75) is 64.3 Å². The van der Waals surface area contributed by atoms with Gasteiger partial charge in [-0.1, -0.05) is 13.8 Å². The highest BCUT2D eigenvalue weighted by Crippen LogP contribution is 2.49. The number of hydrogen-bond donors (Lipinski definition) is 2. The van der Waals surface area contributed by atoms with Gasteiger partial charge in [-0.15, -0.1) is 0 Å². The molecule has 2 atom stereocenters. The van der Waals surface area contributed by atoms with Gasteiger partial charge in [0.2, 0.25) is 5.91 Å². The average molecular weight is 310 g/mol. The van der Waals surface area contributed by atoms with Gasteiger partial charge < -0.3 is 15.8 Å². The summed E-state index contributed by atoms with van der Waals surface area (Å²) in [6, 6.07) is 0. The maximum Gasteiger partial charge on any atom is 0.389 e. The standard InChI is InChI=1S/C14H25F3N2O2/c1-4-21-10-9-13(18,12(10,2)3)11(20)19-8-6-5-7-14(15,16)17/h10H,4-9,18H2,1-3H3,(H,19,20). The monoisotopic (exact) mass is 310 g/mol. The number of carbonyl (C=O) groups is 1. The van der Waals surface area contributed by atoms with E-state index in [-0.39, 0.29) is 31.4 Å². The van der Waals surface area contributed by atoms with E-state index in [4.69, 9.17) is 10.5 Å². The van der Waals surface area contributed by atoms with Crippen LogP contribution in [0.3, 0.4) is 0 Å².